The van der Waals surface area contributed by atoms with E-state index < -0.39 is 0 Å². The van der Waals surface area contributed by atoms with E-state index >= 15 is 0 Å². The second-order valence-corrected chi connectivity index (χ2v) is 8.29. The Labute approximate surface area is 147 Å². The molecule has 0 unspecified atom stereocenters. The molecule has 0 bridgehead atoms. The smallest absolute Gasteiger partial charge is 0.312 e. The molecule has 3 nitrogen and oxygen atoms in total. The summed E-state index contributed by atoms with van der Waals surface area (Å²) in [4.78, 5) is 12.5. The number of esters is 1. The summed E-state index contributed by atoms with van der Waals surface area (Å²) in [5.74, 6) is 0.871. The topological polar surface area (TPSA) is 46.5 Å². The molecule has 0 saturated heterocycles. The summed E-state index contributed by atoms with van der Waals surface area (Å²) in [6.45, 7) is 9.04. The van der Waals surface area contributed by atoms with E-state index in [0.717, 1.165) is 38.5 Å². The number of rotatable bonds is 5. The van der Waals surface area contributed by atoms with E-state index in [-0.39, 0.29) is 23.4 Å². The first-order chi connectivity index (χ1) is 11.3. The molecule has 24 heavy (non-hydrogen) atoms. The third kappa shape index (κ3) is 3.33. The zero-order valence-corrected chi connectivity index (χ0v) is 16.0. The molecule has 2 aliphatic rings. The van der Waals surface area contributed by atoms with Gasteiger partial charge in [0.1, 0.15) is 0 Å². The van der Waals surface area contributed by atoms with E-state index in [1.54, 1.807) is 0 Å². The molecule has 1 fully saturated rings. The number of ether oxygens (including phenoxy) is 1. The first kappa shape index (κ1) is 19.2. The third-order valence-electron chi connectivity index (χ3n) is 6.94. The minimum absolute atomic E-state index is 0.0497. The molecule has 0 heterocycles. The summed E-state index contributed by atoms with van der Waals surface area (Å²) >= 11 is 0. The Balaban J connectivity index is 2.30. The maximum Gasteiger partial charge on any atom is 0.312 e. The molecule has 0 aromatic rings. The maximum atomic E-state index is 12.5. The zero-order chi connectivity index (χ0) is 18.0. The van der Waals surface area contributed by atoms with Crippen LogP contribution in [0.5, 0.6) is 0 Å². The van der Waals surface area contributed by atoms with Crippen molar-refractivity contribution in [2.75, 3.05) is 13.7 Å². The first-order valence-electron chi connectivity index (χ1n) is 9.35. The van der Waals surface area contributed by atoms with Gasteiger partial charge in [0.05, 0.1) is 19.1 Å². The number of aliphatic hydroxyl groups is 1. The molecule has 0 aromatic carbocycles. The van der Waals surface area contributed by atoms with Crippen LogP contribution in [0.2, 0.25) is 0 Å². The number of allylic oxidation sites excluding steroid dienone is 3. The average molecular weight is 335 g/mol. The molecule has 0 aliphatic heterocycles. The van der Waals surface area contributed by atoms with Crippen molar-refractivity contribution in [1.29, 1.82) is 0 Å². The van der Waals surface area contributed by atoms with Crippen LogP contribution in [0.3, 0.4) is 0 Å². The number of carbonyl (C=O) groups is 1. The number of aliphatic hydroxyl groups excluding tert-OH is 1. The molecule has 0 aromatic heterocycles. The fraction of sp³-hybridized carbons (Fsp3) is 0.762. The summed E-state index contributed by atoms with van der Waals surface area (Å²) in [7, 11) is 1.51. The van der Waals surface area contributed by atoms with Gasteiger partial charge in [-0.25, -0.2) is 0 Å². The molecule has 3 heteroatoms. The van der Waals surface area contributed by atoms with Gasteiger partial charge in [-0.1, -0.05) is 37.1 Å². The second-order valence-electron chi connectivity index (χ2n) is 8.29. The number of carbonyl (C=O) groups excluding carboxylic acids is 1. The van der Waals surface area contributed by atoms with Gasteiger partial charge in [0.25, 0.3) is 0 Å². The van der Waals surface area contributed by atoms with Crippen LogP contribution in [0, 0.1) is 22.7 Å². The molecule has 4 atom stereocenters. The molecule has 2 rings (SSSR count). The van der Waals surface area contributed by atoms with Crippen molar-refractivity contribution in [3.05, 3.63) is 23.3 Å². The van der Waals surface area contributed by atoms with Crippen LogP contribution < -0.4 is 0 Å². The Morgan fingerprint density at radius 3 is 2.75 bits per heavy atom. The van der Waals surface area contributed by atoms with E-state index in [1.807, 2.05) is 6.08 Å². The van der Waals surface area contributed by atoms with Gasteiger partial charge >= 0.3 is 5.97 Å². The number of hydrogen-bond donors (Lipinski definition) is 1. The number of hydrogen-bond acceptors (Lipinski definition) is 3. The van der Waals surface area contributed by atoms with Gasteiger partial charge in [-0.3, -0.25) is 4.79 Å². The molecular weight excluding hydrogens is 300 g/mol. The predicted molar refractivity (Wildman–Crippen MR) is 97.5 cm³/mol. The van der Waals surface area contributed by atoms with Crippen molar-refractivity contribution in [2.45, 2.75) is 66.2 Å². The highest BCUT2D eigenvalue weighted by molar-refractivity contribution is 5.77. The van der Waals surface area contributed by atoms with Gasteiger partial charge in [-0.2, -0.15) is 0 Å². The lowest BCUT2D eigenvalue weighted by atomic mass is 9.51. The normalized spacial score (nSPS) is 36.8. The van der Waals surface area contributed by atoms with E-state index in [1.165, 1.54) is 18.3 Å². The molecule has 0 radical (unpaired) electrons. The van der Waals surface area contributed by atoms with Gasteiger partial charge < -0.3 is 9.84 Å². The molecule has 1 N–H and O–H groups in total. The molecule has 1 saturated carbocycles. The number of methoxy groups -OCH3 is 1. The second kappa shape index (κ2) is 7.43. The van der Waals surface area contributed by atoms with Crippen LogP contribution in [-0.2, 0) is 9.53 Å². The van der Waals surface area contributed by atoms with Gasteiger partial charge in [-0.15, -0.1) is 0 Å². The first-order valence-corrected chi connectivity index (χ1v) is 9.35. The van der Waals surface area contributed by atoms with Gasteiger partial charge in [0, 0.05) is 0 Å². The van der Waals surface area contributed by atoms with Crippen molar-refractivity contribution in [3.8, 4) is 0 Å². The third-order valence-corrected chi connectivity index (χ3v) is 6.94. The molecule has 0 spiro atoms. The highest BCUT2D eigenvalue weighted by Crippen LogP contribution is 2.58. The quantitative estimate of drug-likeness (QED) is 0.587. The minimum atomic E-state index is -0.379. The van der Waals surface area contributed by atoms with Gasteiger partial charge in [0.15, 0.2) is 0 Å². The summed E-state index contributed by atoms with van der Waals surface area (Å²) < 4.78 is 5.16. The summed E-state index contributed by atoms with van der Waals surface area (Å²) in [5, 5.41) is 9.09. The van der Waals surface area contributed by atoms with E-state index in [4.69, 9.17) is 9.84 Å². The largest absolute Gasteiger partial charge is 0.469 e. The number of fused-ring (bicyclic) bond motifs is 1. The Bertz CT molecular complexity index is 533. The van der Waals surface area contributed by atoms with Crippen molar-refractivity contribution < 1.29 is 14.6 Å². The van der Waals surface area contributed by atoms with Gasteiger partial charge in [-0.05, 0) is 69.6 Å². The predicted octanol–water partition coefficient (Wildman–Crippen LogP) is 4.66. The maximum absolute atomic E-state index is 12.5. The van der Waals surface area contributed by atoms with Crippen molar-refractivity contribution in [3.63, 3.8) is 0 Å². The molecule has 0 amide bonds. The molecule has 136 valence electrons. The van der Waals surface area contributed by atoms with Crippen molar-refractivity contribution in [1.82, 2.24) is 0 Å². The molecule has 2 aliphatic carbocycles. The Kier molecular flexibility index (Phi) is 5.95. The van der Waals surface area contributed by atoms with E-state index in [0.29, 0.717) is 11.8 Å². The Morgan fingerprint density at radius 2 is 2.12 bits per heavy atom. The van der Waals surface area contributed by atoms with Crippen LogP contribution in [0.15, 0.2) is 23.3 Å². The standard InChI is InChI=1S/C21H34O3/c1-15(11-14-22)10-13-20(3)16(2)8-9-18-17(20)7-6-12-21(18,4)19(23)24-5/h7,11,16,18,22H,6,8-10,12-14H2,1-5H3/b15-11+/t16-,18-,20+,21+/m1/s1. The zero-order valence-electron chi connectivity index (χ0n) is 16.0. The monoisotopic (exact) mass is 334 g/mol. The van der Waals surface area contributed by atoms with Crippen LogP contribution in [0.25, 0.3) is 0 Å². The average Bonchev–Trinajstić information content (AvgIpc) is 2.56. The van der Waals surface area contributed by atoms with Crippen molar-refractivity contribution >= 4 is 5.97 Å². The lowest BCUT2D eigenvalue weighted by molar-refractivity contribution is -0.156. The van der Waals surface area contributed by atoms with Gasteiger partial charge in [0.2, 0.25) is 0 Å². The lowest BCUT2D eigenvalue weighted by Crippen LogP contribution is -2.47. The van der Waals surface area contributed by atoms with Crippen LogP contribution >= 0.6 is 0 Å². The highest BCUT2D eigenvalue weighted by Gasteiger charge is 2.52. The Morgan fingerprint density at radius 1 is 1.42 bits per heavy atom. The SMILES string of the molecule is COC(=O)[C@@]1(C)CCC=C2[C@H]1CC[C@@H](C)[C@]2(C)CC/C(C)=C/CO. The summed E-state index contributed by atoms with van der Waals surface area (Å²) in [5.41, 5.74) is 2.48. The van der Waals surface area contributed by atoms with E-state index in [9.17, 15) is 4.79 Å². The summed E-state index contributed by atoms with van der Waals surface area (Å²) in [6.07, 6.45) is 10.5. The van der Waals surface area contributed by atoms with Crippen molar-refractivity contribution in [2.24, 2.45) is 22.7 Å². The summed E-state index contributed by atoms with van der Waals surface area (Å²) in [6, 6.07) is 0. The van der Waals surface area contributed by atoms with Crippen LogP contribution in [-0.4, -0.2) is 24.8 Å². The molecular formula is C21H34O3. The van der Waals surface area contributed by atoms with E-state index in [2.05, 4.69) is 33.8 Å². The minimum Gasteiger partial charge on any atom is -0.469 e. The fourth-order valence-corrected chi connectivity index (χ4v) is 4.90. The highest BCUT2D eigenvalue weighted by atomic mass is 16.5. The van der Waals surface area contributed by atoms with Crippen LogP contribution in [0.1, 0.15) is 66.2 Å². The lowest BCUT2D eigenvalue weighted by Gasteiger charge is -2.53. The van der Waals surface area contributed by atoms with Crippen LogP contribution in [0.4, 0.5) is 0 Å². The fourth-order valence-electron chi connectivity index (χ4n) is 4.90. The Hall–Kier alpha value is -1.09.